The number of carbonyl (C=O) groups excluding carboxylic acids is 1. The number of rotatable bonds is 2. The Hall–Kier alpha value is -1.71. The van der Waals surface area contributed by atoms with E-state index >= 15 is 0 Å². The van der Waals surface area contributed by atoms with Crippen molar-refractivity contribution in [1.82, 2.24) is 5.32 Å². The molecule has 3 N–H and O–H groups in total. The van der Waals surface area contributed by atoms with Gasteiger partial charge in [-0.15, -0.1) is 0 Å². The Bertz CT molecular complexity index is 459. The van der Waals surface area contributed by atoms with E-state index in [4.69, 9.17) is 5.73 Å². The van der Waals surface area contributed by atoms with Gasteiger partial charge in [0.15, 0.2) is 0 Å². The first kappa shape index (κ1) is 13.7. The number of nitrogen functional groups attached to an aromatic ring is 1. The lowest BCUT2D eigenvalue weighted by Gasteiger charge is -2.30. The van der Waals surface area contributed by atoms with Crippen LogP contribution < -0.4 is 16.0 Å². The standard InChI is InChI=1S/C15H23N3O/c1-11-6-4-3-5-9-18(11)14-8-7-12(10-13(14)16)15(19)17-2/h7-8,10-11H,3-6,9,16H2,1-2H3,(H,17,19). The number of carbonyl (C=O) groups is 1. The molecule has 0 aromatic heterocycles. The minimum absolute atomic E-state index is 0.0952. The molecule has 1 saturated heterocycles. The molecule has 1 fully saturated rings. The fourth-order valence-corrected chi connectivity index (χ4v) is 2.73. The van der Waals surface area contributed by atoms with E-state index in [2.05, 4.69) is 17.1 Å². The van der Waals surface area contributed by atoms with Crippen LogP contribution in [-0.4, -0.2) is 25.5 Å². The normalized spacial score (nSPS) is 19.9. The van der Waals surface area contributed by atoms with E-state index in [1.807, 2.05) is 12.1 Å². The topological polar surface area (TPSA) is 58.4 Å². The molecule has 1 unspecified atom stereocenters. The molecule has 1 aliphatic heterocycles. The van der Waals surface area contributed by atoms with Crippen LogP contribution in [0.4, 0.5) is 11.4 Å². The van der Waals surface area contributed by atoms with E-state index < -0.39 is 0 Å². The van der Waals surface area contributed by atoms with Crippen LogP contribution >= 0.6 is 0 Å². The number of anilines is 2. The van der Waals surface area contributed by atoms with Gasteiger partial charge in [-0.25, -0.2) is 0 Å². The van der Waals surface area contributed by atoms with Crippen LogP contribution in [0, 0.1) is 0 Å². The van der Waals surface area contributed by atoms with E-state index in [0.717, 1.165) is 12.2 Å². The molecule has 1 heterocycles. The van der Waals surface area contributed by atoms with Gasteiger partial charge in [-0.3, -0.25) is 4.79 Å². The maximum Gasteiger partial charge on any atom is 0.251 e. The molecule has 1 amide bonds. The Balaban J connectivity index is 2.26. The number of nitrogens with one attached hydrogen (secondary N) is 1. The van der Waals surface area contributed by atoms with Gasteiger partial charge in [0.1, 0.15) is 0 Å². The fraction of sp³-hybridized carbons (Fsp3) is 0.533. The summed E-state index contributed by atoms with van der Waals surface area (Å²) in [6.45, 7) is 3.29. The van der Waals surface area contributed by atoms with Gasteiger partial charge in [-0.1, -0.05) is 12.8 Å². The molecule has 0 spiro atoms. The van der Waals surface area contributed by atoms with Crippen LogP contribution in [0.1, 0.15) is 43.0 Å². The van der Waals surface area contributed by atoms with Gasteiger partial charge in [0.2, 0.25) is 0 Å². The molecule has 0 aliphatic carbocycles. The number of nitrogens with two attached hydrogens (primary N) is 1. The first-order valence-corrected chi connectivity index (χ1v) is 7.01. The Morgan fingerprint density at radius 1 is 1.37 bits per heavy atom. The summed E-state index contributed by atoms with van der Waals surface area (Å²) >= 11 is 0. The molecule has 104 valence electrons. The fourth-order valence-electron chi connectivity index (χ4n) is 2.73. The maximum atomic E-state index is 11.6. The Kier molecular flexibility index (Phi) is 4.30. The summed E-state index contributed by atoms with van der Waals surface area (Å²) in [4.78, 5) is 14.0. The van der Waals surface area contributed by atoms with Gasteiger partial charge in [0.25, 0.3) is 5.91 Å². The third-order valence-electron chi connectivity index (χ3n) is 3.88. The van der Waals surface area contributed by atoms with Gasteiger partial charge in [0.05, 0.1) is 11.4 Å². The van der Waals surface area contributed by atoms with Crippen LogP contribution in [0.2, 0.25) is 0 Å². The molecule has 1 aromatic carbocycles. The Morgan fingerprint density at radius 3 is 2.84 bits per heavy atom. The van der Waals surface area contributed by atoms with Crippen molar-refractivity contribution in [2.75, 3.05) is 24.2 Å². The number of nitrogens with zero attached hydrogens (tertiary/aromatic N) is 1. The van der Waals surface area contributed by atoms with Crippen LogP contribution in [0.15, 0.2) is 18.2 Å². The second kappa shape index (κ2) is 5.95. The van der Waals surface area contributed by atoms with Crippen molar-refractivity contribution in [1.29, 1.82) is 0 Å². The highest BCUT2D eigenvalue weighted by Crippen LogP contribution is 2.29. The predicted molar refractivity (Wildman–Crippen MR) is 79.5 cm³/mol. The molecule has 4 nitrogen and oxygen atoms in total. The molecule has 2 rings (SSSR count). The lowest BCUT2D eigenvalue weighted by atomic mass is 10.1. The van der Waals surface area contributed by atoms with E-state index in [1.165, 1.54) is 25.7 Å². The van der Waals surface area contributed by atoms with Crippen LogP contribution in [0.25, 0.3) is 0 Å². The van der Waals surface area contributed by atoms with Crippen LogP contribution in [0.5, 0.6) is 0 Å². The molecule has 0 radical (unpaired) electrons. The first-order valence-electron chi connectivity index (χ1n) is 7.01. The van der Waals surface area contributed by atoms with Crippen molar-refractivity contribution in [3.63, 3.8) is 0 Å². The predicted octanol–water partition coefficient (Wildman–Crippen LogP) is 2.40. The molecule has 19 heavy (non-hydrogen) atoms. The summed E-state index contributed by atoms with van der Waals surface area (Å²) in [5.41, 5.74) is 8.50. The van der Waals surface area contributed by atoms with Crippen LogP contribution in [0.3, 0.4) is 0 Å². The molecule has 1 atom stereocenters. The second-order valence-corrected chi connectivity index (χ2v) is 5.24. The van der Waals surface area contributed by atoms with E-state index in [0.29, 0.717) is 17.3 Å². The minimum Gasteiger partial charge on any atom is -0.397 e. The van der Waals surface area contributed by atoms with Crippen molar-refractivity contribution >= 4 is 17.3 Å². The number of amides is 1. The molecule has 0 bridgehead atoms. The minimum atomic E-state index is -0.0952. The molecular weight excluding hydrogens is 238 g/mol. The van der Waals surface area contributed by atoms with E-state index in [9.17, 15) is 4.79 Å². The molecule has 4 heteroatoms. The van der Waals surface area contributed by atoms with Crippen LogP contribution in [-0.2, 0) is 0 Å². The maximum absolute atomic E-state index is 11.6. The summed E-state index contributed by atoms with van der Waals surface area (Å²) in [7, 11) is 1.63. The summed E-state index contributed by atoms with van der Waals surface area (Å²) in [5.74, 6) is -0.0952. The summed E-state index contributed by atoms with van der Waals surface area (Å²) < 4.78 is 0. The van der Waals surface area contributed by atoms with E-state index in [1.54, 1.807) is 13.1 Å². The summed E-state index contributed by atoms with van der Waals surface area (Å²) in [6.07, 6.45) is 4.99. The van der Waals surface area contributed by atoms with Crippen molar-refractivity contribution in [2.45, 2.75) is 38.6 Å². The first-order chi connectivity index (χ1) is 9.13. The zero-order valence-corrected chi connectivity index (χ0v) is 11.8. The van der Waals surface area contributed by atoms with E-state index in [-0.39, 0.29) is 5.91 Å². The quantitative estimate of drug-likeness (QED) is 0.804. The van der Waals surface area contributed by atoms with Gasteiger partial charge >= 0.3 is 0 Å². The van der Waals surface area contributed by atoms with Gasteiger partial charge in [0, 0.05) is 25.2 Å². The number of benzene rings is 1. The van der Waals surface area contributed by atoms with Gasteiger partial charge in [-0.05, 0) is 38.0 Å². The largest absolute Gasteiger partial charge is 0.397 e. The summed E-state index contributed by atoms with van der Waals surface area (Å²) in [5, 5.41) is 2.62. The highest BCUT2D eigenvalue weighted by atomic mass is 16.1. The molecule has 0 saturated carbocycles. The highest BCUT2D eigenvalue weighted by Gasteiger charge is 2.19. The highest BCUT2D eigenvalue weighted by molar-refractivity contribution is 5.96. The average Bonchev–Trinajstić information content (AvgIpc) is 2.62. The lowest BCUT2D eigenvalue weighted by Crippen LogP contribution is -2.33. The zero-order chi connectivity index (χ0) is 13.8. The molecular formula is C15H23N3O. The Morgan fingerprint density at radius 2 is 2.16 bits per heavy atom. The lowest BCUT2D eigenvalue weighted by molar-refractivity contribution is 0.0963. The third kappa shape index (κ3) is 3.00. The SMILES string of the molecule is CNC(=O)c1ccc(N2CCCCCC2C)c(N)c1. The van der Waals surface area contributed by atoms with Gasteiger partial charge in [-0.2, -0.15) is 0 Å². The molecule has 1 aliphatic rings. The Labute approximate surface area is 115 Å². The van der Waals surface area contributed by atoms with Gasteiger partial charge < -0.3 is 16.0 Å². The molecule has 1 aromatic rings. The van der Waals surface area contributed by atoms with Crippen molar-refractivity contribution in [2.24, 2.45) is 0 Å². The number of hydrogen-bond acceptors (Lipinski definition) is 3. The van der Waals surface area contributed by atoms with Crippen molar-refractivity contribution in [3.05, 3.63) is 23.8 Å². The van der Waals surface area contributed by atoms with Crippen molar-refractivity contribution < 1.29 is 4.79 Å². The smallest absolute Gasteiger partial charge is 0.251 e. The summed E-state index contributed by atoms with van der Waals surface area (Å²) in [6, 6.07) is 6.10. The third-order valence-corrected chi connectivity index (χ3v) is 3.88. The average molecular weight is 261 g/mol. The number of hydrogen-bond donors (Lipinski definition) is 2. The monoisotopic (exact) mass is 261 g/mol. The van der Waals surface area contributed by atoms with Crippen molar-refractivity contribution in [3.8, 4) is 0 Å². The zero-order valence-electron chi connectivity index (χ0n) is 11.8. The second-order valence-electron chi connectivity index (χ2n) is 5.24.